The average Bonchev–Trinajstić information content (AvgIpc) is 2.23. The molecule has 14 heavy (non-hydrogen) atoms. The molecule has 0 fully saturated rings. The van der Waals surface area contributed by atoms with Crippen molar-refractivity contribution < 1.29 is 10.2 Å². The molecule has 0 amide bonds. The third-order valence-electron chi connectivity index (χ3n) is 2.90. The van der Waals surface area contributed by atoms with Crippen LogP contribution < -0.4 is 0 Å². The fourth-order valence-electron chi connectivity index (χ4n) is 1.44. The summed E-state index contributed by atoms with van der Waals surface area (Å²) in [7, 11) is 0. The molecule has 0 radical (unpaired) electrons. The van der Waals surface area contributed by atoms with Crippen molar-refractivity contribution in [2.24, 2.45) is 17.8 Å². The molecular formula is C12H22O2. The van der Waals surface area contributed by atoms with Gasteiger partial charge in [0.25, 0.3) is 0 Å². The zero-order valence-electron chi connectivity index (χ0n) is 9.35. The summed E-state index contributed by atoms with van der Waals surface area (Å²) < 4.78 is 0. The molecule has 0 rings (SSSR count). The van der Waals surface area contributed by atoms with Crippen LogP contribution in [0.1, 0.15) is 20.8 Å². The van der Waals surface area contributed by atoms with Gasteiger partial charge in [0.1, 0.15) is 0 Å². The Morgan fingerprint density at radius 3 is 1.36 bits per heavy atom. The van der Waals surface area contributed by atoms with E-state index in [1.54, 1.807) is 12.2 Å². The quantitative estimate of drug-likeness (QED) is 0.641. The molecule has 2 N–H and O–H groups in total. The van der Waals surface area contributed by atoms with E-state index in [0.29, 0.717) is 0 Å². The van der Waals surface area contributed by atoms with Gasteiger partial charge in [-0.15, -0.1) is 13.2 Å². The van der Waals surface area contributed by atoms with Crippen molar-refractivity contribution in [2.45, 2.75) is 33.0 Å². The fourth-order valence-corrected chi connectivity index (χ4v) is 1.44. The first kappa shape index (κ1) is 13.4. The average molecular weight is 198 g/mol. The van der Waals surface area contributed by atoms with Crippen LogP contribution in [0.3, 0.4) is 0 Å². The monoisotopic (exact) mass is 198 g/mol. The predicted octanol–water partition coefficient (Wildman–Crippen LogP) is 1.99. The summed E-state index contributed by atoms with van der Waals surface area (Å²) in [4.78, 5) is 0. The summed E-state index contributed by atoms with van der Waals surface area (Å²) in [6, 6.07) is 0. The first-order valence-electron chi connectivity index (χ1n) is 5.06. The standard InChI is InChI=1S/C12H22O2/c1-6-8(3)11(13)10(5)12(14)9(4)7-2/h6-14H,1-2H2,3-5H3/t8-,9-,11-,12-/m1/s1. The van der Waals surface area contributed by atoms with Crippen molar-refractivity contribution >= 4 is 0 Å². The number of hydrogen-bond donors (Lipinski definition) is 2. The second-order valence-corrected chi connectivity index (χ2v) is 4.03. The zero-order valence-corrected chi connectivity index (χ0v) is 9.35. The molecule has 4 atom stereocenters. The van der Waals surface area contributed by atoms with E-state index >= 15 is 0 Å². The van der Waals surface area contributed by atoms with Crippen molar-refractivity contribution in [1.82, 2.24) is 0 Å². The van der Waals surface area contributed by atoms with E-state index in [1.807, 2.05) is 20.8 Å². The maximum atomic E-state index is 9.84. The normalized spacial score (nSPS) is 19.9. The lowest BCUT2D eigenvalue weighted by atomic mass is 9.84. The summed E-state index contributed by atoms with van der Waals surface area (Å²) in [5.74, 6) is -0.177. The van der Waals surface area contributed by atoms with Crippen molar-refractivity contribution in [3.8, 4) is 0 Å². The van der Waals surface area contributed by atoms with E-state index in [4.69, 9.17) is 0 Å². The summed E-state index contributed by atoms with van der Waals surface area (Å²) >= 11 is 0. The fraction of sp³-hybridized carbons (Fsp3) is 0.667. The largest absolute Gasteiger partial charge is 0.392 e. The predicted molar refractivity (Wildman–Crippen MR) is 59.9 cm³/mol. The Morgan fingerprint density at radius 1 is 0.857 bits per heavy atom. The molecule has 0 saturated carbocycles. The van der Waals surface area contributed by atoms with Crippen molar-refractivity contribution in [3.63, 3.8) is 0 Å². The minimum atomic E-state index is -0.551. The van der Waals surface area contributed by atoms with Crippen LogP contribution in [0, 0.1) is 17.8 Å². The first-order chi connectivity index (χ1) is 6.45. The van der Waals surface area contributed by atoms with Crippen LogP contribution in [0.5, 0.6) is 0 Å². The highest BCUT2D eigenvalue weighted by Gasteiger charge is 2.27. The summed E-state index contributed by atoms with van der Waals surface area (Å²) in [6.07, 6.45) is 2.30. The Kier molecular flexibility index (Phi) is 5.73. The van der Waals surface area contributed by atoms with Crippen LogP contribution in [-0.2, 0) is 0 Å². The van der Waals surface area contributed by atoms with Gasteiger partial charge in [0.2, 0.25) is 0 Å². The Balaban J connectivity index is 4.36. The van der Waals surface area contributed by atoms with Crippen LogP contribution >= 0.6 is 0 Å². The zero-order chi connectivity index (χ0) is 11.3. The smallest absolute Gasteiger partial charge is 0.0650 e. The molecule has 0 aromatic rings. The van der Waals surface area contributed by atoms with E-state index in [1.165, 1.54) is 0 Å². The molecule has 2 nitrogen and oxygen atoms in total. The minimum Gasteiger partial charge on any atom is -0.392 e. The van der Waals surface area contributed by atoms with Gasteiger partial charge in [0.05, 0.1) is 12.2 Å². The van der Waals surface area contributed by atoms with E-state index in [9.17, 15) is 10.2 Å². The molecule has 0 aliphatic carbocycles. The van der Waals surface area contributed by atoms with Crippen molar-refractivity contribution in [3.05, 3.63) is 25.3 Å². The van der Waals surface area contributed by atoms with Crippen LogP contribution in [0.2, 0.25) is 0 Å². The molecule has 0 heterocycles. The van der Waals surface area contributed by atoms with E-state index < -0.39 is 12.2 Å². The third kappa shape index (κ3) is 3.28. The second-order valence-electron chi connectivity index (χ2n) is 4.03. The molecule has 0 aliphatic heterocycles. The Labute approximate surface area is 87.0 Å². The molecule has 0 aromatic heterocycles. The van der Waals surface area contributed by atoms with Gasteiger partial charge in [0, 0.05) is 17.8 Å². The second kappa shape index (κ2) is 5.99. The molecule has 0 aliphatic rings. The lowest BCUT2D eigenvalue weighted by Crippen LogP contribution is -2.36. The highest BCUT2D eigenvalue weighted by atomic mass is 16.3. The Hall–Kier alpha value is -0.600. The lowest BCUT2D eigenvalue weighted by Gasteiger charge is -2.29. The van der Waals surface area contributed by atoms with E-state index in [0.717, 1.165) is 0 Å². The van der Waals surface area contributed by atoms with Crippen LogP contribution in [-0.4, -0.2) is 22.4 Å². The number of rotatable bonds is 6. The highest BCUT2D eigenvalue weighted by Crippen LogP contribution is 2.22. The SMILES string of the molecule is C=C[C@@H](C)[C@@H](O)C(C)[C@H](O)[C@H](C)C=C. The van der Waals surface area contributed by atoms with Gasteiger partial charge < -0.3 is 10.2 Å². The number of aliphatic hydroxyl groups is 2. The van der Waals surface area contributed by atoms with Crippen molar-refractivity contribution in [2.75, 3.05) is 0 Å². The Bertz CT molecular complexity index is 169. The van der Waals surface area contributed by atoms with Gasteiger partial charge in [0.15, 0.2) is 0 Å². The van der Waals surface area contributed by atoms with Gasteiger partial charge in [-0.3, -0.25) is 0 Å². The molecule has 0 unspecified atom stereocenters. The molecule has 0 saturated heterocycles. The number of aliphatic hydroxyl groups excluding tert-OH is 2. The van der Waals surface area contributed by atoms with Gasteiger partial charge in [-0.2, -0.15) is 0 Å². The summed E-state index contributed by atoms with van der Waals surface area (Å²) in [5.41, 5.74) is 0. The molecule has 0 bridgehead atoms. The maximum Gasteiger partial charge on any atom is 0.0650 e. The maximum absolute atomic E-state index is 9.84. The highest BCUT2D eigenvalue weighted by molar-refractivity contribution is 4.90. The molecular weight excluding hydrogens is 176 g/mol. The van der Waals surface area contributed by atoms with Gasteiger partial charge in [-0.25, -0.2) is 0 Å². The van der Waals surface area contributed by atoms with Crippen LogP contribution in [0.4, 0.5) is 0 Å². The van der Waals surface area contributed by atoms with E-state index in [-0.39, 0.29) is 17.8 Å². The van der Waals surface area contributed by atoms with Crippen molar-refractivity contribution in [1.29, 1.82) is 0 Å². The minimum absolute atomic E-state index is 0.00309. The van der Waals surface area contributed by atoms with E-state index in [2.05, 4.69) is 13.2 Å². The van der Waals surface area contributed by atoms with Crippen LogP contribution in [0.25, 0.3) is 0 Å². The van der Waals surface area contributed by atoms with Gasteiger partial charge in [-0.1, -0.05) is 32.9 Å². The van der Waals surface area contributed by atoms with Crippen LogP contribution in [0.15, 0.2) is 25.3 Å². The third-order valence-corrected chi connectivity index (χ3v) is 2.90. The summed E-state index contributed by atoms with van der Waals surface area (Å²) in [5, 5.41) is 19.7. The molecule has 0 spiro atoms. The van der Waals surface area contributed by atoms with Gasteiger partial charge >= 0.3 is 0 Å². The first-order valence-corrected chi connectivity index (χ1v) is 5.06. The number of hydrogen-bond acceptors (Lipinski definition) is 2. The lowest BCUT2D eigenvalue weighted by molar-refractivity contribution is -0.0112. The molecule has 0 aromatic carbocycles. The van der Waals surface area contributed by atoms with Gasteiger partial charge in [-0.05, 0) is 0 Å². The molecule has 82 valence electrons. The summed E-state index contributed by atoms with van der Waals surface area (Å²) in [6.45, 7) is 12.9. The topological polar surface area (TPSA) is 40.5 Å². The Morgan fingerprint density at radius 2 is 1.14 bits per heavy atom. The molecule has 2 heteroatoms.